The molecule has 0 saturated carbocycles. The Labute approximate surface area is 82.8 Å². The summed E-state index contributed by atoms with van der Waals surface area (Å²) in [5, 5.41) is 0.743. The molecule has 0 radical (unpaired) electrons. The molecular formula is C10H11ClN2. The minimum atomic E-state index is 0.379. The van der Waals surface area contributed by atoms with Crippen LogP contribution in [-0.2, 0) is 0 Å². The Bertz CT molecular complexity index is 360. The molecule has 3 heteroatoms. The summed E-state index contributed by atoms with van der Waals surface area (Å²) in [6.45, 7) is 2.15. The first kappa shape index (κ1) is 8.57. The van der Waals surface area contributed by atoms with Crippen LogP contribution in [0.4, 0.5) is 5.69 Å². The molecule has 0 aliphatic carbocycles. The van der Waals surface area contributed by atoms with Crippen molar-refractivity contribution in [1.82, 2.24) is 4.90 Å². The van der Waals surface area contributed by atoms with Gasteiger partial charge in [-0.1, -0.05) is 17.7 Å². The van der Waals surface area contributed by atoms with Crippen molar-refractivity contribution in [2.45, 2.75) is 13.0 Å². The van der Waals surface area contributed by atoms with Gasteiger partial charge in [0.25, 0.3) is 0 Å². The number of hydrogen-bond acceptors (Lipinski definition) is 2. The summed E-state index contributed by atoms with van der Waals surface area (Å²) in [6, 6.07) is 6.22. The van der Waals surface area contributed by atoms with Crippen LogP contribution in [0.5, 0.6) is 0 Å². The van der Waals surface area contributed by atoms with Crippen LogP contribution in [0.15, 0.2) is 23.2 Å². The maximum atomic E-state index is 5.87. The summed E-state index contributed by atoms with van der Waals surface area (Å²) < 4.78 is 0. The smallest absolute Gasteiger partial charge is 0.0914 e. The summed E-state index contributed by atoms with van der Waals surface area (Å²) in [5.41, 5.74) is 2.22. The van der Waals surface area contributed by atoms with E-state index in [-0.39, 0.29) is 0 Å². The predicted octanol–water partition coefficient (Wildman–Crippen LogP) is 3.01. The molecular weight excluding hydrogens is 184 g/mol. The van der Waals surface area contributed by atoms with Gasteiger partial charge in [0.1, 0.15) is 0 Å². The van der Waals surface area contributed by atoms with E-state index in [2.05, 4.69) is 16.8 Å². The second kappa shape index (κ2) is 3.04. The summed E-state index contributed by atoms with van der Waals surface area (Å²) in [7, 11) is 2.02. The average Bonchev–Trinajstić information content (AvgIpc) is 2.12. The molecule has 2 rings (SSSR count). The summed E-state index contributed by atoms with van der Waals surface area (Å²) in [4.78, 5) is 6.38. The van der Waals surface area contributed by atoms with Crippen LogP contribution in [0.25, 0.3) is 0 Å². The van der Waals surface area contributed by atoms with Gasteiger partial charge in [-0.25, -0.2) is 4.99 Å². The van der Waals surface area contributed by atoms with Gasteiger partial charge in [-0.05, 0) is 19.1 Å². The summed E-state index contributed by atoms with van der Waals surface area (Å²) >= 11 is 5.87. The van der Waals surface area contributed by atoms with Crippen LogP contribution in [0.3, 0.4) is 0 Å². The Morgan fingerprint density at radius 1 is 1.46 bits per heavy atom. The third-order valence-electron chi connectivity index (χ3n) is 2.43. The lowest BCUT2D eigenvalue weighted by atomic mass is 10.0. The number of fused-ring (bicyclic) bond motifs is 1. The van der Waals surface area contributed by atoms with Crippen LogP contribution in [0.2, 0.25) is 5.02 Å². The maximum Gasteiger partial charge on any atom is 0.0914 e. The Kier molecular flexibility index (Phi) is 2.00. The predicted molar refractivity (Wildman–Crippen MR) is 55.8 cm³/mol. The monoisotopic (exact) mass is 194 g/mol. The Balaban J connectivity index is 2.52. The second-order valence-corrected chi connectivity index (χ2v) is 3.73. The van der Waals surface area contributed by atoms with Crippen LogP contribution in [-0.4, -0.2) is 18.3 Å². The Morgan fingerprint density at radius 2 is 2.23 bits per heavy atom. The zero-order valence-corrected chi connectivity index (χ0v) is 8.42. The molecule has 0 bridgehead atoms. The number of halogens is 1. The molecule has 68 valence electrons. The molecule has 1 atom stereocenters. The lowest BCUT2D eigenvalue weighted by Crippen LogP contribution is -2.23. The molecule has 1 aliphatic heterocycles. The van der Waals surface area contributed by atoms with Crippen molar-refractivity contribution >= 4 is 23.6 Å². The maximum absolute atomic E-state index is 5.87. The van der Waals surface area contributed by atoms with Gasteiger partial charge < -0.3 is 4.90 Å². The fraction of sp³-hybridized carbons (Fsp3) is 0.300. The quantitative estimate of drug-likeness (QED) is 0.620. The Hall–Kier alpha value is -1.02. The molecule has 0 amide bonds. The molecule has 2 nitrogen and oxygen atoms in total. The van der Waals surface area contributed by atoms with Crippen molar-refractivity contribution in [2.24, 2.45) is 4.99 Å². The van der Waals surface area contributed by atoms with Gasteiger partial charge in [0.05, 0.1) is 18.1 Å². The first-order valence-electron chi connectivity index (χ1n) is 4.24. The SMILES string of the molecule is CC1c2ccc(Cl)cc2N=CN1C. The lowest BCUT2D eigenvalue weighted by Gasteiger charge is -2.27. The van der Waals surface area contributed by atoms with E-state index in [4.69, 9.17) is 11.6 Å². The average molecular weight is 195 g/mol. The van der Waals surface area contributed by atoms with Crippen molar-refractivity contribution < 1.29 is 0 Å². The highest BCUT2D eigenvalue weighted by Crippen LogP contribution is 2.33. The van der Waals surface area contributed by atoms with E-state index in [0.717, 1.165) is 10.7 Å². The van der Waals surface area contributed by atoms with Crippen LogP contribution >= 0.6 is 11.6 Å². The first-order chi connectivity index (χ1) is 6.18. The van der Waals surface area contributed by atoms with E-state index in [1.165, 1.54) is 5.56 Å². The highest BCUT2D eigenvalue weighted by Gasteiger charge is 2.16. The van der Waals surface area contributed by atoms with Gasteiger partial charge in [0.2, 0.25) is 0 Å². The molecule has 0 fully saturated rings. The molecule has 0 saturated heterocycles. The lowest BCUT2D eigenvalue weighted by molar-refractivity contribution is 0.408. The van der Waals surface area contributed by atoms with E-state index in [0.29, 0.717) is 6.04 Å². The van der Waals surface area contributed by atoms with Crippen molar-refractivity contribution in [1.29, 1.82) is 0 Å². The van der Waals surface area contributed by atoms with Crippen LogP contribution < -0.4 is 0 Å². The molecule has 1 unspecified atom stereocenters. The Morgan fingerprint density at radius 3 is 3.00 bits per heavy atom. The van der Waals surface area contributed by atoms with E-state index < -0.39 is 0 Å². The van der Waals surface area contributed by atoms with Crippen molar-refractivity contribution in [3.05, 3.63) is 28.8 Å². The highest BCUT2D eigenvalue weighted by atomic mass is 35.5. The fourth-order valence-corrected chi connectivity index (χ4v) is 1.62. The molecule has 0 spiro atoms. The standard InChI is InChI=1S/C10H11ClN2/c1-7-9-4-3-8(11)5-10(9)12-6-13(7)2/h3-7H,1-2H3. The number of aliphatic imine (C=N–C) groups is 1. The normalized spacial score (nSPS) is 20.2. The summed E-state index contributed by atoms with van der Waals surface area (Å²) in [5.74, 6) is 0. The van der Waals surface area contributed by atoms with E-state index in [1.54, 1.807) is 0 Å². The fourth-order valence-electron chi connectivity index (χ4n) is 1.45. The number of nitrogens with zero attached hydrogens (tertiary/aromatic N) is 2. The molecule has 0 N–H and O–H groups in total. The zero-order chi connectivity index (χ0) is 9.42. The van der Waals surface area contributed by atoms with Crippen molar-refractivity contribution in [3.8, 4) is 0 Å². The molecule has 1 aliphatic rings. The molecule has 0 aromatic heterocycles. The van der Waals surface area contributed by atoms with Crippen molar-refractivity contribution in [2.75, 3.05) is 7.05 Å². The molecule has 1 heterocycles. The van der Waals surface area contributed by atoms with Gasteiger partial charge in [-0.3, -0.25) is 0 Å². The zero-order valence-electron chi connectivity index (χ0n) is 7.66. The summed E-state index contributed by atoms with van der Waals surface area (Å²) in [6.07, 6.45) is 1.84. The highest BCUT2D eigenvalue weighted by molar-refractivity contribution is 6.30. The van der Waals surface area contributed by atoms with Gasteiger partial charge in [0.15, 0.2) is 0 Å². The van der Waals surface area contributed by atoms with Gasteiger partial charge >= 0.3 is 0 Å². The molecule has 1 aromatic rings. The van der Waals surface area contributed by atoms with E-state index >= 15 is 0 Å². The van der Waals surface area contributed by atoms with Gasteiger partial charge in [-0.2, -0.15) is 0 Å². The largest absolute Gasteiger partial charge is 0.359 e. The minimum Gasteiger partial charge on any atom is -0.359 e. The third-order valence-corrected chi connectivity index (χ3v) is 2.67. The number of hydrogen-bond donors (Lipinski definition) is 0. The number of rotatable bonds is 0. The molecule has 13 heavy (non-hydrogen) atoms. The first-order valence-corrected chi connectivity index (χ1v) is 4.62. The second-order valence-electron chi connectivity index (χ2n) is 3.29. The number of benzene rings is 1. The van der Waals surface area contributed by atoms with Gasteiger partial charge in [0, 0.05) is 17.6 Å². The van der Waals surface area contributed by atoms with Crippen LogP contribution in [0.1, 0.15) is 18.5 Å². The van der Waals surface area contributed by atoms with Crippen LogP contribution in [0, 0.1) is 0 Å². The van der Waals surface area contributed by atoms with E-state index in [9.17, 15) is 0 Å². The third kappa shape index (κ3) is 1.42. The minimum absolute atomic E-state index is 0.379. The topological polar surface area (TPSA) is 15.6 Å². The van der Waals surface area contributed by atoms with Crippen molar-refractivity contribution in [3.63, 3.8) is 0 Å². The molecule has 1 aromatic carbocycles. The van der Waals surface area contributed by atoms with E-state index in [1.807, 2.05) is 31.6 Å². The van der Waals surface area contributed by atoms with Gasteiger partial charge in [-0.15, -0.1) is 0 Å².